The molecule has 1 aliphatic rings. The molecule has 0 aliphatic carbocycles. The minimum Gasteiger partial charge on any atom is -0.340 e. The first-order valence-corrected chi connectivity index (χ1v) is 9.49. The molecule has 0 unspecified atom stereocenters. The number of amides is 2. The molecule has 3 rings (SSSR count). The van der Waals surface area contributed by atoms with Gasteiger partial charge < -0.3 is 10.2 Å². The zero-order valence-corrected chi connectivity index (χ0v) is 16.2. The predicted molar refractivity (Wildman–Crippen MR) is 108 cm³/mol. The first-order valence-electron chi connectivity index (χ1n) is 9.11. The summed E-state index contributed by atoms with van der Waals surface area (Å²) < 4.78 is 0. The second-order valence-corrected chi connectivity index (χ2v) is 7.26. The fourth-order valence-electron chi connectivity index (χ4n) is 3.21. The summed E-state index contributed by atoms with van der Waals surface area (Å²) in [6.45, 7) is 5.03. The molecule has 1 N–H and O–H groups in total. The third-order valence-corrected chi connectivity index (χ3v) is 5.04. The first-order chi connectivity index (χ1) is 13.0. The fraction of sp³-hybridized carbons (Fsp3) is 0.333. The van der Waals surface area contributed by atoms with Crippen LogP contribution in [0.4, 0.5) is 5.69 Å². The molecule has 1 heterocycles. The zero-order valence-electron chi connectivity index (χ0n) is 15.5. The average Bonchev–Trinajstić information content (AvgIpc) is 2.64. The van der Waals surface area contributed by atoms with Crippen molar-refractivity contribution in [2.24, 2.45) is 0 Å². The third kappa shape index (κ3) is 5.55. The summed E-state index contributed by atoms with van der Waals surface area (Å²) >= 11 is 5.93. The number of hydrogen-bond acceptors (Lipinski definition) is 3. The van der Waals surface area contributed by atoms with Gasteiger partial charge in [-0.25, -0.2) is 0 Å². The molecule has 5 nitrogen and oxygen atoms in total. The van der Waals surface area contributed by atoms with Gasteiger partial charge in [-0.15, -0.1) is 0 Å². The highest BCUT2D eigenvalue weighted by Crippen LogP contribution is 2.15. The van der Waals surface area contributed by atoms with Gasteiger partial charge in [0.15, 0.2) is 0 Å². The van der Waals surface area contributed by atoms with Crippen LogP contribution in [0.25, 0.3) is 0 Å². The van der Waals surface area contributed by atoms with E-state index in [2.05, 4.69) is 10.2 Å². The average molecular weight is 386 g/mol. The van der Waals surface area contributed by atoms with Gasteiger partial charge in [0.05, 0.1) is 13.0 Å². The van der Waals surface area contributed by atoms with Gasteiger partial charge in [-0.3, -0.25) is 14.5 Å². The number of carbonyl (C=O) groups is 2. The Hall–Kier alpha value is -2.37. The van der Waals surface area contributed by atoms with Crippen molar-refractivity contribution >= 4 is 29.1 Å². The molecule has 0 bridgehead atoms. The Morgan fingerprint density at radius 3 is 2.48 bits per heavy atom. The smallest absolute Gasteiger partial charge is 0.238 e. The Labute approximate surface area is 164 Å². The Morgan fingerprint density at radius 2 is 1.78 bits per heavy atom. The van der Waals surface area contributed by atoms with Crippen LogP contribution in [0, 0.1) is 6.92 Å². The van der Waals surface area contributed by atoms with Crippen LogP contribution in [0.5, 0.6) is 0 Å². The van der Waals surface area contributed by atoms with Crippen LogP contribution in [0.15, 0.2) is 48.5 Å². The Morgan fingerprint density at radius 1 is 1.04 bits per heavy atom. The van der Waals surface area contributed by atoms with Gasteiger partial charge in [-0.05, 0) is 36.2 Å². The lowest BCUT2D eigenvalue weighted by Crippen LogP contribution is -2.50. The number of benzene rings is 2. The van der Waals surface area contributed by atoms with E-state index in [0.29, 0.717) is 49.9 Å². The summed E-state index contributed by atoms with van der Waals surface area (Å²) in [5, 5.41) is 3.45. The third-order valence-electron chi connectivity index (χ3n) is 4.80. The molecule has 142 valence electrons. The number of nitrogens with zero attached hydrogens (tertiary/aromatic N) is 2. The number of aryl methyl sites for hydroxylation is 1. The quantitative estimate of drug-likeness (QED) is 0.860. The second-order valence-electron chi connectivity index (χ2n) is 6.82. The van der Waals surface area contributed by atoms with E-state index in [1.807, 2.05) is 42.2 Å². The molecule has 6 heteroatoms. The molecule has 0 spiro atoms. The molecule has 1 aliphatic heterocycles. The highest BCUT2D eigenvalue weighted by Gasteiger charge is 2.22. The monoisotopic (exact) mass is 385 g/mol. The van der Waals surface area contributed by atoms with E-state index in [1.54, 1.807) is 18.2 Å². The lowest BCUT2D eigenvalue weighted by Gasteiger charge is -2.34. The van der Waals surface area contributed by atoms with Crippen molar-refractivity contribution < 1.29 is 9.59 Å². The van der Waals surface area contributed by atoms with Crippen LogP contribution in [0.1, 0.15) is 11.1 Å². The Balaban J connectivity index is 1.45. The van der Waals surface area contributed by atoms with E-state index in [0.717, 1.165) is 11.1 Å². The number of carbonyl (C=O) groups excluding carboxylic acids is 2. The number of anilines is 1. The highest BCUT2D eigenvalue weighted by molar-refractivity contribution is 6.30. The predicted octanol–water partition coefficient (Wildman–Crippen LogP) is 2.97. The van der Waals surface area contributed by atoms with Crippen molar-refractivity contribution in [1.82, 2.24) is 9.80 Å². The summed E-state index contributed by atoms with van der Waals surface area (Å²) in [6.07, 6.45) is 0.432. The highest BCUT2D eigenvalue weighted by atomic mass is 35.5. The minimum atomic E-state index is -0.0723. The SMILES string of the molecule is Cc1ccccc1CC(=O)N1CCN(CC(=O)Nc2cccc(Cl)c2)CC1. The van der Waals surface area contributed by atoms with E-state index in [4.69, 9.17) is 11.6 Å². The molecule has 2 aromatic carbocycles. The molecule has 0 radical (unpaired) electrons. The van der Waals surface area contributed by atoms with Crippen molar-refractivity contribution in [1.29, 1.82) is 0 Å². The maximum atomic E-state index is 12.5. The van der Waals surface area contributed by atoms with Gasteiger partial charge in [0, 0.05) is 36.9 Å². The molecule has 1 saturated heterocycles. The van der Waals surface area contributed by atoms with E-state index in [-0.39, 0.29) is 11.8 Å². The maximum Gasteiger partial charge on any atom is 0.238 e. The Bertz CT molecular complexity index is 817. The van der Waals surface area contributed by atoms with Gasteiger partial charge in [0.25, 0.3) is 0 Å². The van der Waals surface area contributed by atoms with E-state index in [1.165, 1.54) is 0 Å². The van der Waals surface area contributed by atoms with Crippen LogP contribution >= 0.6 is 11.6 Å². The van der Waals surface area contributed by atoms with Gasteiger partial charge in [0.1, 0.15) is 0 Å². The van der Waals surface area contributed by atoms with Crippen molar-refractivity contribution in [2.75, 3.05) is 38.0 Å². The first kappa shape index (κ1) is 19.4. The number of rotatable bonds is 5. The van der Waals surface area contributed by atoms with Gasteiger partial charge in [-0.2, -0.15) is 0 Å². The number of halogens is 1. The van der Waals surface area contributed by atoms with Gasteiger partial charge in [0.2, 0.25) is 11.8 Å². The van der Waals surface area contributed by atoms with E-state index < -0.39 is 0 Å². The number of hydrogen-bond donors (Lipinski definition) is 1. The van der Waals surface area contributed by atoms with Gasteiger partial charge >= 0.3 is 0 Å². The lowest BCUT2D eigenvalue weighted by atomic mass is 10.1. The maximum absolute atomic E-state index is 12.5. The Kier molecular flexibility index (Phi) is 6.48. The molecule has 2 amide bonds. The summed E-state index contributed by atoms with van der Waals surface area (Å²) in [4.78, 5) is 28.7. The summed E-state index contributed by atoms with van der Waals surface area (Å²) in [7, 11) is 0. The minimum absolute atomic E-state index is 0.0723. The normalized spacial score (nSPS) is 14.8. The summed E-state index contributed by atoms with van der Waals surface area (Å²) in [6, 6.07) is 15.1. The topological polar surface area (TPSA) is 52.7 Å². The molecule has 1 fully saturated rings. The van der Waals surface area contributed by atoms with Crippen molar-refractivity contribution in [3.8, 4) is 0 Å². The standard InChI is InChI=1S/C21H24ClN3O2/c1-16-5-2-3-6-17(16)13-21(27)25-11-9-24(10-12-25)15-20(26)23-19-8-4-7-18(22)14-19/h2-8,14H,9-13,15H2,1H3,(H,23,26). The molecule has 27 heavy (non-hydrogen) atoms. The van der Waals surface area contributed by atoms with Crippen molar-refractivity contribution in [3.63, 3.8) is 0 Å². The lowest BCUT2D eigenvalue weighted by molar-refractivity contribution is -0.132. The van der Waals surface area contributed by atoms with E-state index >= 15 is 0 Å². The fourth-order valence-corrected chi connectivity index (χ4v) is 3.40. The number of nitrogens with one attached hydrogen (secondary N) is 1. The summed E-state index contributed by atoms with van der Waals surface area (Å²) in [5.41, 5.74) is 2.91. The molecular weight excluding hydrogens is 362 g/mol. The van der Waals surface area contributed by atoms with Crippen LogP contribution < -0.4 is 5.32 Å². The van der Waals surface area contributed by atoms with Crippen LogP contribution in [-0.4, -0.2) is 54.3 Å². The summed E-state index contributed by atoms with van der Waals surface area (Å²) in [5.74, 6) is 0.0734. The van der Waals surface area contributed by atoms with Crippen LogP contribution in [0.2, 0.25) is 5.02 Å². The molecule has 0 atom stereocenters. The second kappa shape index (κ2) is 9.02. The van der Waals surface area contributed by atoms with Crippen LogP contribution in [0.3, 0.4) is 0 Å². The zero-order chi connectivity index (χ0) is 19.2. The van der Waals surface area contributed by atoms with Crippen molar-refractivity contribution in [3.05, 3.63) is 64.7 Å². The molecule has 0 saturated carbocycles. The number of piperazine rings is 1. The van der Waals surface area contributed by atoms with E-state index in [9.17, 15) is 9.59 Å². The van der Waals surface area contributed by atoms with Crippen molar-refractivity contribution in [2.45, 2.75) is 13.3 Å². The molecule has 0 aromatic heterocycles. The van der Waals surface area contributed by atoms with Gasteiger partial charge in [-0.1, -0.05) is 41.9 Å². The van der Waals surface area contributed by atoms with Crippen LogP contribution in [-0.2, 0) is 16.0 Å². The molecular formula is C21H24ClN3O2. The largest absolute Gasteiger partial charge is 0.340 e. The molecule has 2 aromatic rings.